The molecule has 1 amide bonds. The predicted octanol–water partition coefficient (Wildman–Crippen LogP) is 2.77. The average molecular weight is 458 g/mol. The molecule has 8 nitrogen and oxygen atoms in total. The van der Waals surface area contributed by atoms with E-state index in [4.69, 9.17) is 0 Å². The summed E-state index contributed by atoms with van der Waals surface area (Å²) in [4.78, 5) is 21.5. The van der Waals surface area contributed by atoms with Crippen molar-refractivity contribution in [1.29, 1.82) is 0 Å². The zero-order valence-corrected chi connectivity index (χ0v) is 19.2. The Morgan fingerprint density at radius 3 is 2.65 bits per heavy atom. The van der Waals surface area contributed by atoms with Crippen LogP contribution in [0.15, 0.2) is 47.1 Å². The van der Waals surface area contributed by atoms with Crippen LogP contribution in [-0.2, 0) is 11.3 Å². The Kier molecular flexibility index (Phi) is 7.68. The second-order valence-corrected chi connectivity index (χ2v) is 9.77. The van der Waals surface area contributed by atoms with Gasteiger partial charge in [-0.3, -0.25) is 19.9 Å². The minimum atomic E-state index is -0.0245. The van der Waals surface area contributed by atoms with Crippen molar-refractivity contribution in [2.45, 2.75) is 17.8 Å². The number of aromatic nitrogens is 4. The second-order valence-electron chi connectivity index (χ2n) is 7.28. The molecule has 0 radical (unpaired) electrons. The first-order valence-electron chi connectivity index (χ1n) is 10.5. The van der Waals surface area contributed by atoms with Crippen molar-refractivity contribution in [3.05, 3.63) is 42.7 Å². The number of amides is 1. The molecule has 0 unspecified atom stereocenters. The lowest BCUT2D eigenvalue weighted by Crippen LogP contribution is -2.49. The van der Waals surface area contributed by atoms with Crippen LogP contribution in [0.2, 0.25) is 0 Å². The topological polar surface area (TPSA) is 79.2 Å². The van der Waals surface area contributed by atoms with Crippen LogP contribution in [0.1, 0.15) is 6.92 Å². The summed E-state index contributed by atoms with van der Waals surface area (Å²) in [6.07, 6.45) is 3.90. The summed E-state index contributed by atoms with van der Waals surface area (Å²) in [5.74, 6) is 1.93. The smallest absolute Gasteiger partial charge is 0.240 e. The summed E-state index contributed by atoms with van der Waals surface area (Å²) in [5.41, 5.74) is 1.14. The molecule has 4 rings (SSSR count). The number of anilines is 1. The zero-order chi connectivity index (χ0) is 21.5. The molecule has 10 heteroatoms. The molecular weight excluding hydrogens is 430 g/mol. The van der Waals surface area contributed by atoms with Crippen molar-refractivity contribution >= 4 is 34.1 Å². The highest BCUT2D eigenvalue weighted by molar-refractivity contribution is 8.01. The lowest BCUT2D eigenvalue weighted by atomic mass is 10.2. The minimum Gasteiger partial charge on any atom is -0.330 e. The number of carbonyl (C=O) groups is 1. The highest BCUT2D eigenvalue weighted by Crippen LogP contribution is 2.25. The van der Waals surface area contributed by atoms with Gasteiger partial charge in [-0.1, -0.05) is 60.4 Å². The molecule has 31 heavy (non-hydrogen) atoms. The van der Waals surface area contributed by atoms with Gasteiger partial charge in [-0.25, -0.2) is 4.98 Å². The fraction of sp³-hybridized carbons (Fsp3) is 0.429. The first-order valence-corrected chi connectivity index (χ1v) is 12.3. The molecule has 2 aromatic heterocycles. The van der Waals surface area contributed by atoms with Crippen LogP contribution in [-0.4, -0.2) is 80.5 Å². The lowest BCUT2D eigenvalue weighted by Gasteiger charge is -2.34. The summed E-state index contributed by atoms with van der Waals surface area (Å²) in [7, 11) is 0. The Labute approximate surface area is 190 Å². The molecule has 1 aromatic carbocycles. The van der Waals surface area contributed by atoms with Gasteiger partial charge >= 0.3 is 0 Å². The Hall–Kier alpha value is -2.27. The van der Waals surface area contributed by atoms with Crippen molar-refractivity contribution in [1.82, 2.24) is 29.5 Å². The number of imidazole rings is 1. The van der Waals surface area contributed by atoms with Crippen molar-refractivity contribution in [2.24, 2.45) is 0 Å². The number of hydrogen-bond donors (Lipinski definition) is 1. The highest BCUT2D eigenvalue weighted by atomic mass is 32.2. The highest BCUT2D eigenvalue weighted by Gasteiger charge is 2.20. The molecule has 1 aliphatic heterocycles. The number of benzene rings is 1. The maximum Gasteiger partial charge on any atom is 0.240 e. The third-order valence-corrected chi connectivity index (χ3v) is 7.01. The number of thioether (sulfide) groups is 1. The van der Waals surface area contributed by atoms with E-state index in [0.717, 1.165) is 60.7 Å². The van der Waals surface area contributed by atoms with Gasteiger partial charge in [0.25, 0.3) is 0 Å². The molecule has 0 aliphatic carbocycles. The van der Waals surface area contributed by atoms with E-state index in [0.29, 0.717) is 11.7 Å². The van der Waals surface area contributed by atoms with Crippen LogP contribution in [0.25, 0.3) is 11.4 Å². The third-order valence-electron chi connectivity index (χ3n) is 5.16. The number of carbonyl (C=O) groups excluding carboxylic acids is 1. The van der Waals surface area contributed by atoms with Gasteiger partial charge in [-0.2, -0.15) is 0 Å². The Morgan fingerprint density at radius 2 is 1.87 bits per heavy atom. The van der Waals surface area contributed by atoms with Gasteiger partial charge in [-0.05, 0) is 5.75 Å². The monoisotopic (exact) mass is 457 g/mol. The SMILES string of the molecule is CCSc1nnc(NC(=O)CN2CCN(CCn3ccnc3-c3ccccc3)CC2)s1. The molecule has 0 atom stereocenters. The summed E-state index contributed by atoms with van der Waals surface area (Å²) in [6.45, 7) is 8.02. The quantitative estimate of drug-likeness (QED) is 0.391. The van der Waals surface area contributed by atoms with E-state index in [1.807, 2.05) is 30.6 Å². The molecule has 0 bridgehead atoms. The molecule has 1 aliphatic rings. The van der Waals surface area contributed by atoms with Crippen LogP contribution in [0.5, 0.6) is 0 Å². The number of nitrogens with one attached hydrogen (secondary N) is 1. The van der Waals surface area contributed by atoms with Crippen molar-refractivity contribution in [3.8, 4) is 11.4 Å². The molecule has 164 valence electrons. The maximum atomic E-state index is 12.3. The molecule has 3 heterocycles. The van der Waals surface area contributed by atoms with E-state index in [-0.39, 0.29) is 5.91 Å². The van der Waals surface area contributed by atoms with Gasteiger partial charge in [0.2, 0.25) is 11.0 Å². The molecule has 1 N–H and O–H groups in total. The first kappa shape index (κ1) is 21.9. The van der Waals surface area contributed by atoms with Gasteiger partial charge in [0.15, 0.2) is 4.34 Å². The molecular formula is C21H27N7OS2. The molecule has 3 aromatic rings. The zero-order valence-electron chi connectivity index (χ0n) is 17.6. The van der Waals surface area contributed by atoms with E-state index in [1.165, 1.54) is 11.3 Å². The second kappa shape index (κ2) is 10.9. The largest absolute Gasteiger partial charge is 0.330 e. The summed E-state index contributed by atoms with van der Waals surface area (Å²) < 4.78 is 3.10. The van der Waals surface area contributed by atoms with E-state index in [2.05, 4.69) is 53.9 Å². The summed E-state index contributed by atoms with van der Waals surface area (Å²) in [5, 5.41) is 11.6. The Morgan fingerprint density at radius 1 is 1.10 bits per heavy atom. The fourth-order valence-electron chi connectivity index (χ4n) is 3.56. The van der Waals surface area contributed by atoms with Crippen LogP contribution in [0.4, 0.5) is 5.13 Å². The van der Waals surface area contributed by atoms with E-state index in [9.17, 15) is 4.79 Å². The normalized spacial score (nSPS) is 15.3. The lowest BCUT2D eigenvalue weighted by molar-refractivity contribution is -0.117. The van der Waals surface area contributed by atoms with Gasteiger partial charge in [0, 0.05) is 57.2 Å². The van der Waals surface area contributed by atoms with E-state index in [1.54, 1.807) is 11.8 Å². The van der Waals surface area contributed by atoms with E-state index < -0.39 is 0 Å². The van der Waals surface area contributed by atoms with Crippen LogP contribution < -0.4 is 5.32 Å². The number of hydrogen-bond acceptors (Lipinski definition) is 8. The standard InChI is InChI=1S/C21H27N7OS2/c1-2-30-21-25-24-20(31-21)23-18(29)16-27-12-10-26(11-13-27)14-15-28-9-8-22-19(28)17-6-4-3-5-7-17/h3-9H,2,10-16H2,1H3,(H,23,24,29). The van der Waals surface area contributed by atoms with Crippen molar-refractivity contribution in [3.63, 3.8) is 0 Å². The van der Waals surface area contributed by atoms with Crippen LogP contribution in [0, 0.1) is 0 Å². The fourth-order valence-corrected chi connectivity index (χ4v) is 5.23. The van der Waals surface area contributed by atoms with Crippen LogP contribution in [0.3, 0.4) is 0 Å². The summed E-state index contributed by atoms with van der Waals surface area (Å²) in [6, 6.07) is 10.3. The van der Waals surface area contributed by atoms with Gasteiger partial charge in [0.1, 0.15) is 5.82 Å². The Balaban J connectivity index is 1.20. The molecule has 0 saturated carbocycles. The van der Waals surface area contributed by atoms with Gasteiger partial charge in [-0.15, -0.1) is 10.2 Å². The van der Waals surface area contributed by atoms with Crippen molar-refractivity contribution in [2.75, 3.05) is 50.3 Å². The van der Waals surface area contributed by atoms with Crippen molar-refractivity contribution < 1.29 is 4.79 Å². The predicted molar refractivity (Wildman–Crippen MR) is 125 cm³/mol. The number of rotatable bonds is 9. The maximum absolute atomic E-state index is 12.3. The average Bonchev–Trinajstić information content (AvgIpc) is 3.43. The number of piperazine rings is 1. The first-order chi connectivity index (χ1) is 15.2. The van der Waals surface area contributed by atoms with Crippen LogP contribution >= 0.6 is 23.1 Å². The van der Waals surface area contributed by atoms with E-state index >= 15 is 0 Å². The Bertz CT molecular complexity index is 967. The number of nitrogens with zero attached hydrogens (tertiary/aromatic N) is 6. The molecule has 1 fully saturated rings. The molecule has 0 spiro atoms. The van der Waals surface area contributed by atoms with Gasteiger partial charge in [0.05, 0.1) is 6.54 Å². The minimum absolute atomic E-state index is 0.0245. The van der Waals surface area contributed by atoms with Gasteiger partial charge < -0.3 is 4.57 Å². The summed E-state index contributed by atoms with van der Waals surface area (Å²) >= 11 is 3.06. The molecule has 1 saturated heterocycles. The third kappa shape index (κ3) is 6.13.